The van der Waals surface area contributed by atoms with Crippen LogP contribution in [0.2, 0.25) is 0 Å². The standard InChI is InChI=1S/C15H19N3O4/c1-18-7-9(10-4-2-3-5-13(10)18)6-11(16)15(21)22-8-12(17)14(19)20/h2-5,7,11-12H,6,8,16-17H2,1H3,(H,19,20)/t11-,12-/m1/s1. The number of rotatable bonds is 6. The highest BCUT2D eigenvalue weighted by atomic mass is 16.5. The van der Waals surface area contributed by atoms with Crippen molar-refractivity contribution in [2.75, 3.05) is 6.61 Å². The lowest BCUT2D eigenvalue weighted by Crippen LogP contribution is -2.40. The third-order valence-electron chi connectivity index (χ3n) is 3.44. The van der Waals surface area contributed by atoms with Crippen LogP contribution in [0.1, 0.15) is 5.56 Å². The van der Waals surface area contributed by atoms with Crippen LogP contribution in [-0.4, -0.2) is 40.3 Å². The van der Waals surface area contributed by atoms with E-state index in [0.717, 1.165) is 16.5 Å². The van der Waals surface area contributed by atoms with E-state index >= 15 is 0 Å². The Kier molecular flexibility index (Phi) is 4.79. The number of hydrogen-bond donors (Lipinski definition) is 3. The van der Waals surface area contributed by atoms with E-state index in [-0.39, 0.29) is 0 Å². The van der Waals surface area contributed by atoms with Gasteiger partial charge in [0.1, 0.15) is 18.7 Å². The van der Waals surface area contributed by atoms with Crippen molar-refractivity contribution in [2.24, 2.45) is 18.5 Å². The monoisotopic (exact) mass is 305 g/mol. The van der Waals surface area contributed by atoms with Gasteiger partial charge in [-0.1, -0.05) is 18.2 Å². The number of nitrogens with two attached hydrogens (primary N) is 2. The molecule has 1 aromatic heterocycles. The maximum Gasteiger partial charge on any atom is 0.324 e. The van der Waals surface area contributed by atoms with Crippen molar-refractivity contribution in [1.29, 1.82) is 0 Å². The Balaban J connectivity index is 2.03. The van der Waals surface area contributed by atoms with Gasteiger partial charge in [0.05, 0.1) is 0 Å². The number of benzene rings is 1. The highest BCUT2D eigenvalue weighted by Crippen LogP contribution is 2.21. The highest BCUT2D eigenvalue weighted by molar-refractivity contribution is 5.85. The fourth-order valence-electron chi connectivity index (χ4n) is 2.26. The van der Waals surface area contributed by atoms with E-state index in [2.05, 4.69) is 0 Å². The third-order valence-corrected chi connectivity index (χ3v) is 3.44. The number of carboxylic acids is 1. The average Bonchev–Trinajstić information content (AvgIpc) is 2.81. The van der Waals surface area contributed by atoms with Crippen LogP contribution in [-0.2, 0) is 27.8 Å². The number of fused-ring (bicyclic) bond motifs is 1. The summed E-state index contributed by atoms with van der Waals surface area (Å²) in [6.07, 6.45) is 2.23. The zero-order chi connectivity index (χ0) is 16.3. The fraction of sp³-hybridized carbons (Fsp3) is 0.333. The molecule has 0 aliphatic carbocycles. The lowest BCUT2D eigenvalue weighted by atomic mass is 10.1. The molecule has 0 aliphatic heterocycles. The lowest BCUT2D eigenvalue weighted by Gasteiger charge is -2.12. The molecule has 0 saturated heterocycles. The Morgan fingerprint density at radius 3 is 2.64 bits per heavy atom. The molecule has 22 heavy (non-hydrogen) atoms. The molecule has 0 amide bonds. The highest BCUT2D eigenvalue weighted by Gasteiger charge is 2.20. The Morgan fingerprint density at radius 1 is 1.27 bits per heavy atom. The first kappa shape index (κ1) is 16.0. The Bertz CT molecular complexity index is 695. The van der Waals surface area contributed by atoms with Crippen LogP contribution < -0.4 is 11.5 Å². The number of hydrogen-bond acceptors (Lipinski definition) is 5. The lowest BCUT2D eigenvalue weighted by molar-refractivity contribution is -0.149. The number of carbonyl (C=O) groups excluding carboxylic acids is 1. The molecule has 0 unspecified atom stereocenters. The van der Waals surface area contributed by atoms with Crippen molar-refractivity contribution in [3.63, 3.8) is 0 Å². The first-order valence-corrected chi connectivity index (χ1v) is 6.83. The summed E-state index contributed by atoms with van der Waals surface area (Å²) in [5.41, 5.74) is 13.1. The van der Waals surface area contributed by atoms with Crippen LogP contribution in [0.5, 0.6) is 0 Å². The Hall–Kier alpha value is -2.38. The van der Waals surface area contributed by atoms with E-state index in [1.54, 1.807) is 0 Å². The molecule has 5 N–H and O–H groups in total. The predicted molar refractivity (Wildman–Crippen MR) is 81.2 cm³/mol. The summed E-state index contributed by atoms with van der Waals surface area (Å²) in [7, 11) is 1.92. The molecule has 0 spiro atoms. The molecule has 1 heterocycles. The van der Waals surface area contributed by atoms with Crippen molar-refractivity contribution in [1.82, 2.24) is 4.57 Å². The van der Waals surface area contributed by atoms with Crippen molar-refractivity contribution in [3.8, 4) is 0 Å². The summed E-state index contributed by atoms with van der Waals surface area (Å²) < 4.78 is 6.80. The molecule has 0 fully saturated rings. The number of aromatic nitrogens is 1. The van der Waals surface area contributed by atoms with Crippen molar-refractivity contribution >= 4 is 22.8 Å². The molecule has 2 rings (SSSR count). The molecular weight excluding hydrogens is 286 g/mol. The van der Waals surface area contributed by atoms with E-state index in [1.807, 2.05) is 42.1 Å². The first-order chi connectivity index (χ1) is 10.4. The number of nitrogens with zero attached hydrogens (tertiary/aromatic N) is 1. The second-order valence-electron chi connectivity index (χ2n) is 5.17. The number of para-hydroxylation sites is 1. The number of aryl methyl sites for hydroxylation is 1. The number of aliphatic carboxylic acids is 1. The molecular formula is C15H19N3O4. The Labute approximate surface area is 127 Å². The minimum atomic E-state index is -1.24. The molecule has 0 aliphatic rings. The van der Waals surface area contributed by atoms with Gasteiger partial charge in [0.2, 0.25) is 0 Å². The molecule has 0 radical (unpaired) electrons. The molecule has 7 nitrogen and oxygen atoms in total. The van der Waals surface area contributed by atoms with Crippen molar-refractivity contribution < 1.29 is 19.4 Å². The second kappa shape index (κ2) is 6.59. The predicted octanol–water partition coefficient (Wildman–Crippen LogP) is 0.00320. The van der Waals surface area contributed by atoms with E-state index in [0.29, 0.717) is 6.42 Å². The molecule has 0 bridgehead atoms. The zero-order valence-corrected chi connectivity index (χ0v) is 12.2. The van der Waals surface area contributed by atoms with E-state index in [4.69, 9.17) is 21.3 Å². The number of ether oxygens (including phenoxy) is 1. The largest absolute Gasteiger partial charge is 0.480 e. The third kappa shape index (κ3) is 3.44. The molecule has 7 heteroatoms. The van der Waals surface area contributed by atoms with Gasteiger partial charge in [-0.25, -0.2) is 0 Å². The van der Waals surface area contributed by atoms with Gasteiger partial charge in [0.25, 0.3) is 0 Å². The van der Waals surface area contributed by atoms with Gasteiger partial charge < -0.3 is 25.9 Å². The van der Waals surface area contributed by atoms with E-state index < -0.39 is 30.6 Å². The van der Waals surface area contributed by atoms with E-state index in [1.165, 1.54) is 0 Å². The zero-order valence-electron chi connectivity index (χ0n) is 12.2. The quantitative estimate of drug-likeness (QED) is 0.646. The summed E-state index contributed by atoms with van der Waals surface area (Å²) in [5, 5.41) is 9.66. The summed E-state index contributed by atoms with van der Waals surface area (Å²) in [5.74, 6) is -1.89. The van der Waals surface area contributed by atoms with Gasteiger partial charge in [-0.15, -0.1) is 0 Å². The smallest absolute Gasteiger partial charge is 0.324 e. The summed E-state index contributed by atoms with van der Waals surface area (Å²) >= 11 is 0. The van der Waals surface area contributed by atoms with Crippen LogP contribution in [0.15, 0.2) is 30.5 Å². The molecule has 2 aromatic rings. The van der Waals surface area contributed by atoms with Gasteiger partial charge >= 0.3 is 11.9 Å². The fourth-order valence-corrected chi connectivity index (χ4v) is 2.26. The van der Waals surface area contributed by atoms with Gasteiger partial charge in [0, 0.05) is 30.6 Å². The van der Waals surface area contributed by atoms with Crippen LogP contribution in [0.4, 0.5) is 0 Å². The second-order valence-corrected chi connectivity index (χ2v) is 5.17. The Morgan fingerprint density at radius 2 is 1.95 bits per heavy atom. The van der Waals surface area contributed by atoms with Crippen LogP contribution in [0.25, 0.3) is 10.9 Å². The van der Waals surface area contributed by atoms with Crippen molar-refractivity contribution in [3.05, 3.63) is 36.0 Å². The van der Waals surface area contributed by atoms with Gasteiger partial charge in [-0.3, -0.25) is 9.59 Å². The maximum atomic E-state index is 11.8. The first-order valence-electron chi connectivity index (χ1n) is 6.83. The maximum absolute atomic E-state index is 11.8. The van der Waals surface area contributed by atoms with Crippen LogP contribution >= 0.6 is 0 Å². The van der Waals surface area contributed by atoms with Crippen molar-refractivity contribution in [2.45, 2.75) is 18.5 Å². The van der Waals surface area contributed by atoms with E-state index in [9.17, 15) is 9.59 Å². The average molecular weight is 305 g/mol. The molecule has 1 aromatic carbocycles. The summed E-state index contributed by atoms with van der Waals surface area (Å²) in [6.45, 7) is -0.391. The number of carboxylic acid groups (broad SMARTS) is 1. The SMILES string of the molecule is Cn1cc(C[C@@H](N)C(=O)OC[C@@H](N)C(=O)O)c2ccccc21. The number of carbonyl (C=O) groups is 2. The molecule has 118 valence electrons. The summed E-state index contributed by atoms with van der Waals surface area (Å²) in [6, 6.07) is 5.69. The van der Waals surface area contributed by atoms with Gasteiger partial charge in [-0.05, 0) is 11.6 Å². The van der Waals surface area contributed by atoms with Crippen LogP contribution in [0.3, 0.4) is 0 Å². The van der Waals surface area contributed by atoms with Gasteiger partial charge in [-0.2, -0.15) is 0 Å². The topological polar surface area (TPSA) is 121 Å². The molecule has 0 saturated carbocycles. The summed E-state index contributed by atoms with van der Waals surface area (Å²) in [4.78, 5) is 22.4. The van der Waals surface area contributed by atoms with Gasteiger partial charge in [0.15, 0.2) is 0 Å². The minimum Gasteiger partial charge on any atom is -0.480 e. The van der Waals surface area contributed by atoms with Crippen LogP contribution in [0, 0.1) is 0 Å². The minimum absolute atomic E-state index is 0.308. The number of esters is 1. The normalized spacial score (nSPS) is 13.8. The molecule has 2 atom stereocenters.